The molecule has 2 N–H and O–H groups in total. The van der Waals surface area contributed by atoms with Crippen LogP contribution in [0.3, 0.4) is 0 Å². The lowest BCUT2D eigenvalue weighted by Gasteiger charge is -2.17. The smallest absolute Gasteiger partial charge is 0.340 e. The summed E-state index contributed by atoms with van der Waals surface area (Å²) in [5.41, 5.74) is -0.387. The molecule has 1 saturated carbocycles. The van der Waals surface area contributed by atoms with Gasteiger partial charge in [0.2, 0.25) is 0 Å². The van der Waals surface area contributed by atoms with E-state index in [0.29, 0.717) is 5.82 Å². The molecule has 0 aliphatic heterocycles. The molecule has 0 saturated heterocycles. The molecule has 1 aliphatic rings. The number of nitrogens with zero attached hydrogens (tertiary/aromatic N) is 1. The summed E-state index contributed by atoms with van der Waals surface area (Å²) < 4.78 is 4.77. The number of H-pyrrole nitrogens is 2. The summed E-state index contributed by atoms with van der Waals surface area (Å²) in [6.07, 6.45) is 4.20. The maximum absolute atomic E-state index is 11.7. The maximum Gasteiger partial charge on any atom is 0.340 e. The van der Waals surface area contributed by atoms with Crippen molar-refractivity contribution < 1.29 is 9.53 Å². The second kappa shape index (κ2) is 4.51. The molecule has 2 rings (SSSR count). The number of carbonyl (C=O) groups excluding carboxylic acids is 1. The number of aromatic amines is 2. The van der Waals surface area contributed by atoms with Crippen molar-refractivity contribution in [3.05, 3.63) is 16.3 Å². The molecule has 1 aromatic rings. The fraction of sp³-hybridized carbons (Fsp3) is 0.700. The van der Waals surface area contributed by atoms with Gasteiger partial charge in [-0.05, 0) is 18.8 Å². The second-order valence-corrected chi connectivity index (χ2v) is 4.11. The molecule has 6 heteroatoms. The minimum absolute atomic E-state index is 0.228. The van der Waals surface area contributed by atoms with E-state index in [2.05, 4.69) is 15.2 Å². The Morgan fingerprint density at radius 3 is 2.69 bits per heavy atom. The third-order valence-corrected chi connectivity index (χ3v) is 3.14. The third-order valence-electron chi connectivity index (χ3n) is 3.14. The average molecular weight is 225 g/mol. The summed E-state index contributed by atoms with van der Waals surface area (Å²) >= 11 is 0. The van der Waals surface area contributed by atoms with E-state index in [1.165, 1.54) is 7.11 Å². The number of hydrogen-bond acceptors (Lipinski definition) is 4. The molecular weight excluding hydrogens is 210 g/mol. The molecule has 0 amide bonds. The van der Waals surface area contributed by atoms with Crippen LogP contribution in [0, 0.1) is 5.92 Å². The molecule has 0 spiro atoms. The van der Waals surface area contributed by atoms with E-state index < -0.39 is 5.92 Å². The van der Waals surface area contributed by atoms with Gasteiger partial charge in [-0.1, -0.05) is 12.8 Å². The van der Waals surface area contributed by atoms with E-state index >= 15 is 0 Å². The molecule has 1 aromatic heterocycles. The summed E-state index contributed by atoms with van der Waals surface area (Å²) in [4.78, 5) is 25.3. The van der Waals surface area contributed by atoms with Crippen LogP contribution in [0.5, 0.6) is 0 Å². The van der Waals surface area contributed by atoms with E-state index in [9.17, 15) is 9.59 Å². The van der Waals surface area contributed by atoms with Crippen LogP contribution in [0.1, 0.15) is 37.4 Å². The largest absolute Gasteiger partial charge is 0.468 e. The van der Waals surface area contributed by atoms with Gasteiger partial charge in [0.05, 0.1) is 7.11 Å². The van der Waals surface area contributed by atoms with Crippen molar-refractivity contribution in [2.24, 2.45) is 5.92 Å². The molecule has 0 radical (unpaired) electrons. The minimum atomic E-state index is -0.438. The van der Waals surface area contributed by atoms with Gasteiger partial charge >= 0.3 is 11.7 Å². The second-order valence-electron chi connectivity index (χ2n) is 4.11. The lowest BCUT2D eigenvalue weighted by molar-refractivity contribution is -0.144. The van der Waals surface area contributed by atoms with Gasteiger partial charge in [-0.15, -0.1) is 0 Å². The number of ether oxygens (including phenoxy) is 1. The number of methoxy groups -OCH3 is 1. The summed E-state index contributed by atoms with van der Waals surface area (Å²) in [5.74, 6) is -0.142. The zero-order valence-corrected chi connectivity index (χ0v) is 9.16. The van der Waals surface area contributed by atoms with Crippen molar-refractivity contribution in [2.75, 3.05) is 7.11 Å². The minimum Gasteiger partial charge on any atom is -0.468 e. The van der Waals surface area contributed by atoms with Gasteiger partial charge in [0.1, 0.15) is 11.7 Å². The van der Waals surface area contributed by atoms with Gasteiger partial charge in [-0.25, -0.2) is 9.89 Å². The Morgan fingerprint density at radius 2 is 2.19 bits per heavy atom. The quantitative estimate of drug-likeness (QED) is 0.735. The first kappa shape index (κ1) is 10.9. The van der Waals surface area contributed by atoms with Crippen molar-refractivity contribution in [2.45, 2.75) is 31.6 Å². The monoisotopic (exact) mass is 225 g/mol. The van der Waals surface area contributed by atoms with Crippen molar-refractivity contribution >= 4 is 5.97 Å². The van der Waals surface area contributed by atoms with Crippen molar-refractivity contribution in [3.8, 4) is 0 Å². The van der Waals surface area contributed by atoms with Gasteiger partial charge in [-0.2, -0.15) is 5.10 Å². The number of nitrogens with one attached hydrogen (secondary N) is 2. The van der Waals surface area contributed by atoms with Gasteiger partial charge in [0, 0.05) is 0 Å². The summed E-state index contributed by atoms with van der Waals surface area (Å²) in [7, 11) is 1.36. The molecule has 16 heavy (non-hydrogen) atoms. The van der Waals surface area contributed by atoms with Gasteiger partial charge in [0.15, 0.2) is 0 Å². The number of esters is 1. The summed E-state index contributed by atoms with van der Waals surface area (Å²) in [5, 5.41) is 6.12. The van der Waals surface area contributed by atoms with Crippen LogP contribution in [-0.2, 0) is 9.53 Å². The highest BCUT2D eigenvalue weighted by molar-refractivity contribution is 5.77. The van der Waals surface area contributed by atoms with Crippen LogP contribution in [0.25, 0.3) is 0 Å². The number of aromatic nitrogens is 3. The van der Waals surface area contributed by atoms with Crippen molar-refractivity contribution in [3.63, 3.8) is 0 Å². The van der Waals surface area contributed by atoms with Gasteiger partial charge in [0.25, 0.3) is 0 Å². The first-order valence-corrected chi connectivity index (χ1v) is 5.45. The maximum atomic E-state index is 11.7. The summed E-state index contributed by atoms with van der Waals surface area (Å²) in [6.45, 7) is 0. The predicted octanol–water partition coefficient (Wildman–Crippen LogP) is 0.545. The normalized spacial score (nSPS) is 18.6. The van der Waals surface area contributed by atoms with E-state index in [4.69, 9.17) is 4.74 Å². The predicted molar refractivity (Wildman–Crippen MR) is 55.9 cm³/mol. The lowest BCUT2D eigenvalue weighted by Crippen LogP contribution is -2.23. The van der Waals surface area contributed by atoms with E-state index in [0.717, 1.165) is 25.7 Å². The molecule has 1 atom stereocenters. The Hall–Kier alpha value is -1.59. The fourth-order valence-electron chi connectivity index (χ4n) is 2.38. The van der Waals surface area contributed by atoms with Crippen LogP contribution in [-0.4, -0.2) is 28.3 Å². The molecule has 6 nitrogen and oxygen atoms in total. The zero-order valence-electron chi connectivity index (χ0n) is 9.16. The first-order chi connectivity index (χ1) is 7.72. The van der Waals surface area contributed by atoms with Crippen LogP contribution in [0.15, 0.2) is 4.79 Å². The van der Waals surface area contributed by atoms with Gasteiger partial charge < -0.3 is 4.74 Å². The fourth-order valence-corrected chi connectivity index (χ4v) is 2.38. The molecule has 0 aromatic carbocycles. The van der Waals surface area contributed by atoms with Crippen LogP contribution >= 0.6 is 0 Å². The number of carbonyl (C=O) groups is 1. The third kappa shape index (κ3) is 2.00. The molecule has 1 unspecified atom stereocenters. The van der Waals surface area contributed by atoms with Crippen molar-refractivity contribution in [1.82, 2.24) is 15.2 Å². The van der Waals surface area contributed by atoms with Crippen LogP contribution < -0.4 is 5.69 Å². The molecule has 88 valence electrons. The Kier molecular flexibility index (Phi) is 3.07. The van der Waals surface area contributed by atoms with Crippen LogP contribution in [0.2, 0.25) is 0 Å². The number of hydrogen-bond donors (Lipinski definition) is 2. The van der Waals surface area contributed by atoms with Crippen molar-refractivity contribution in [1.29, 1.82) is 0 Å². The highest BCUT2D eigenvalue weighted by Crippen LogP contribution is 2.36. The Labute approximate surface area is 92.4 Å². The Balaban J connectivity index is 2.26. The molecule has 1 aliphatic carbocycles. The Morgan fingerprint density at radius 1 is 1.50 bits per heavy atom. The molecule has 0 bridgehead atoms. The van der Waals surface area contributed by atoms with E-state index in [-0.39, 0.29) is 17.6 Å². The number of rotatable bonds is 3. The lowest BCUT2D eigenvalue weighted by atomic mass is 9.90. The molecule has 1 fully saturated rings. The summed E-state index contributed by atoms with van der Waals surface area (Å²) in [6, 6.07) is 0. The molecule has 1 heterocycles. The van der Waals surface area contributed by atoms with E-state index in [1.807, 2.05) is 0 Å². The SMILES string of the molecule is COC(=O)C(c1n[nH]c(=O)[nH]1)C1CCCC1. The molecular formula is C10H15N3O3. The highest BCUT2D eigenvalue weighted by atomic mass is 16.5. The average Bonchev–Trinajstić information content (AvgIpc) is 2.91. The highest BCUT2D eigenvalue weighted by Gasteiger charge is 2.35. The van der Waals surface area contributed by atoms with E-state index in [1.54, 1.807) is 0 Å². The first-order valence-electron chi connectivity index (χ1n) is 5.45. The zero-order chi connectivity index (χ0) is 11.5. The topological polar surface area (TPSA) is 87.8 Å². The Bertz CT molecular complexity index is 417. The van der Waals surface area contributed by atoms with Gasteiger partial charge in [-0.3, -0.25) is 9.78 Å². The van der Waals surface area contributed by atoms with Crippen LogP contribution in [0.4, 0.5) is 0 Å². The standard InChI is InChI=1S/C10H15N3O3/c1-16-9(14)7(6-4-2-3-5-6)8-11-10(15)13-12-8/h6-7H,2-5H2,1H3,(H2,11,12,13,15).